The number of hydrogen-bond acceptors (Lipinski definition) is 8. The van der Waals surface area contributed by atoms with Crippen molar-refractivity contribution in [2.24, 2.45) is 11.8 Å². The smallest absolute Gasteiger partial charge is 0.407 e. The molecule has 0 saturated carbocycles. The zero-order chi connectivity index (χ0) is 37.1. The summed E-state index contributed by atoms with van der Waals surface area (Å²) in [4.78, 5) is 70.9. The van der Waals surface area contributed by atoms with Gasteiger partial charge in [-0.05, 0) is 60.4 Å². The van der Waals surface area contributed by atoms with E-state index in [2.05, 4.69) is 54.8 Å². The Balaban J connectivity index is 1.16. The van der Waals surface area contributed by atoms with E-state index in [4.69, 9.17) is 9.47 Å². The summed E-state index contributed by atoms with van der Waals surface area (Å²) in [5.74, 6) is 0.926. The second-order valence-corrected chi connectivity index (χ2v) is 14.2. The molecule has 0 spiro atoms. The van der Waals surface area contributed by atoms with Crippen LogP contribution in [0.25, 0.3) is 33.3 Å². The number of rotatable bonds is 10. The van der Waals surface area contributed by atoms with Crippen molar-refractivity contribution in [3.63, 3.8) is 0 Å². The summed E-state index contributed by atoms with van der Waals surface area (Å²) in [6.45, 7) is 8.77. The van der Waals surface area contributed by atoms with Gasteiger partial charge in [-0.25, -0.2) is 19.6 Å². The van der Waals surface area contributed by atoms with Crippen molar-refractivity contribution in [1.29, 1.82) is 0 Å². The SMILES string of the molecule is COC(=O)NC(C(=O)N1CCCC1c1ncc(-c2ccc3cc(-c4cnc(C5CCCN5C(=O)C(NC(=O)OC)C(C)C)[nH]4)ccc3c2)[nH]1)C(C)C. The Labute approximate surface area is 303 Å². The van der Waals surface area contributed by atoms with Gasteiger partial charge in [-0.1, -0.05) is 52.0 Å². The lowest BCUT2D eigenvalue weighted by Gasteiger charge is -2.30. The first-order valence-corrected chi connectivity index (χ1v) is 17.9. The van der Waals surface area contributed by atoms with Crippen LogP contribution in [0.3, 0.4) is 0 Å². The average molecular weight is 713 g/mol. The highest BCUT2D eigenvalue weighted by atomic mass is 16.5. The molecule has 2 fully saturated rings. The molecular weight excluding hydrogens is 664 g/mol. The Kier molecular flexibility index (Phi) is 10.8. The van der Waals surface area contributed by atoms with Crippen molar-refractivity contribution in [3.8, 4) is 22.5 Å². The summed E-state index contributed by atoms with van der Waals surface area (Å²) in [6, 6.07) is 10.6. The van der Waals surface area contributed by atoms with Crippen molar-refractivity contribution < 1.29 is 28.7 Å². The molecule has 4 atom stereocenters. The maximum atomic E-state index is 13.5. The van der Waals surface area contributed by atoms with Gasteiger partial charge in [-0.2, -0.15) is 0 Å². The van der Waals surface area contributed by atoms with Crippen LogP contribution in [0.4, 0.5) is 9.59 Å². The van der Waals surface area contributed by atoms with Gasteiger partial charge in [-0.15, -0.1) is 0 Å². The molecule has 0 aliphatic carbocycles. The zero-order valence-electron chi connectivity index (χ0n) is 30.6. The van der Waals surface area contributed by atoms with E-state index in [-0.39, 0.29) is 35.7 Å². The van der Waals surface area contributed by atoms with E-state index in [9.17, 15) is 19.2 Å². The minimum absolute atomic E-state index is 0.109. The van der Waals surface area contributed by atoms with E-state index in [0.717, 1.165) is 59.0 Å². The van der Waals surface area contributed by atoms with Crippen molar-refractivity contribution in [2.75, 3.05) is 27.3 Å². The molecule has 52 heavy (non-hydrogen) atoms. The normalized spacial score (nSPS) is 18.5. The van der Waals surface area contributed by atoms with E-state index in [1.807, 2.05) is 39.8 Å². The Morgan fingerprint density at radius 2 is 1.10 bits per heavy atom. The second-order valence-electron chi connectivity index (χ2n) is 14.2. The van der Waals surface area contributed by atoms with Gasteiger partial charge in [0.05, 0.1) is 50.1 Å². The molecule has 2 aliphatic rings. The lowest BCUT2D eigenvalue weighted by Crippen LogP contribution is -2.51. The molecule has 2 saturated heterocycles. The number of imidazole rings is 2. The quantitative estimate of drug-likeness (QED) is 0.162. The van der Waals surface area contributed by atoms with Gasteiger partial charge in [0, 0.05) is 24.2 Å². The van der Waals surface area contributed by atoms with Gasteiger partial charge in [-0.3, -0.25) is 9.59 Å². The maximum absolute atomic E-state index is 13.5. The number of nitrogens with zero attached hydrogens (tertiary/aromatic N) is 4. The van der Waals surface area contributed by atoms with Crippen LogP contribution in [-0.4, -0.2) is 93.1 Å². The number of alkyl carbamates (subject to hydrolysis) is 2. The summed E-state index contributed by atoms with van der Waals surface area (Å²) in [7, 11) is 2.57. The predicted molar refractivity (Wildman–Crippen MR) is 195 cm³/mol. The number of nitrogens with one attached hydrogen (secondary N) is 4. The van der Waals surface area contributed by atoms with Gasteiger partial charge in [0.1, 0.15) is 23.7 Å². The number of carbonyl (C=O) groups is 4. The van der Waals surface area contributed by atoms with Gasteiger partial charge in [0.25, 0.3) is 0 Å². The number of benzene rings is 2. The van der Waals surface area contributed by atoms with Crippen molar-refractivity contribution in [3.05, 3.63) is 60.4 Å². The number of amides is 4. The number of ether oxygens (including phenoxy) is 2. The average Bonchev–Trinajstić information content (AvgIpc) is 3.97. The molecule has 0 radical (unpaired) electrons. The molecule has 4 aromatic rings. The van der Waals surface area contributed by atoms with E-state index in [1.54, 1.807) is 22.2 Å². The lowest BCUT2D eigenvalue weighted by molar-refractivity contribution is -0.136. The first kappa shape index (κ1) is 36.4. The number of carbonyl (C=O) groups excluding carboxylic acids is 4. The molecule has 14 heteroatoms. The van der Waals surface area contributed by atoms with Crippen molar-refractivity contribution in [1.82, 2.24) is 40.4 Å². The number of H-pyrrole nitrogens is 2. The molecule has 6 rings (SSSR count). The van der Waals surface area contributed by atoms with E-state index in [1.165, 1.54) is 14.2 Å². The van der Waals surface area contributed by atoms with Crippen LogP contribution in [0.5, 0.6) is 0 Å². The van der Waals surface area contributed by atoms with Crippen molar-refractivity contribution in [2.45, 2.75) is 77.5 Å². The first-order chi connectivity index (χ1) is 25.0. The number of aromatic amines is 2. The fraction of sp³-hybridized carbons (Fsp3) is 0.474. The van der Waals surface area contributed by atoms with Crippen LogP contribution in [0.15, 0.2) is 48.8 Å². The monoisotopic (exact) mass is 712 g/mol. The molecule has 4 N–H and O–H groups in total. The van der Waals surface area contributed by atoms with Gasteiger partial charge in [0.2, 0.25) is 11.8 Å². The Bertz CT molecular complexity index is 1800. The largest absolute Gasteiger partial charge is 0.453 e. The summed E-state index contributed by atoms with van der Waals surface area (Å²) >= 11 is 0. The minimum Gasteiger partial charge on any atom is -0.453 e. The standard InChI is InChI=1S/C38H48N8O6/c1-21(2)31(43-37(49)51-5)35(47)45-15-7-9-29(45)33-39-19-27(41-33)25-13-11-24-18-26(14-12-23(24)17-25)28-20-40-34(42-28)30-10-8-16-46(30)36(48)32(22(3)4)44-38(50)52-6/h11-14,17-22,29-32H,7-10,15-16H2,1-6H3,(H,39,41)(H,40,42)(H,43,49)(H,44,50). The van der Waals surface area contributed by atoms with Crippen LogP contribution in [0.2, 0.25) is 0 Å². The Morgan fingerprint density at radius 3 is 1.46 bits per heavy atom. The molecule has 4 heterocycles. The minimum atomic E-state index is -0.692. The lowest BCUT2D eigenvalue weighted by atomic mass is 10.0. The van der Waals surface area contributed by atoms with E-state index >= 15 is 0 Å². The van der Waals surface area contributed by atoms with Crippen LogP contribution in [0.1, 0.15) is 77.1 Å². The highest BCUT2D eigenvalue weighted by Crippen LogP contribution is 2.35. The summed E-state index contributed by atoms with van der Waals surface area (Å²) in [5, 5.41) is 7.49. The first-order valence-electron chi connectivity index (χ1n) is 17.9. The maximum Gasteiger partial charge on any atom is 0.407 e. The molecule has 4 amide bonds. The highest BCUT2D eigenvalue weighted by molar-refractivity contribution is 5.90. The fourth-order valence-electron chi connectivity index (χ4n) is 7.27. The summed E-state index contributed by atoms with van der Waals surface area (Å²) in [5.41, 5.74) is 3.64. The molecular formula is C38H48N8O6. The Hall–Kier alpha value is -5.40. The highest BCUT2D eigenvalue weighted by Gasteiger charge is 2.39. The molecule has 2 aromatic heterocycles. The molecule has 4 unspecified atom stereocenters. The molecule has 2 aliphatic heterocycles. The number of likely N-dealkylation sites (tertiary alicyclic amines) is 2. The van der Waals surface area contributed by atoms with Gasteiger partial charge in [0.15, 0.2) is 0 Å². The number of methoxy groups -OCH3 is 2. The van der Waals surface area contributed by atoms with E-state index in [0.29, 0.717) is 24.7 Å². The third-order valence-electron chi connectivity index (χ3n) is 10.1. The molecule has 276 valence electrons. The van der Waals surface area contributed by atoms with Gasteiger partial charge >= 0.3 is 12.2 Å². The topological polar surface area (TPSA) is 175 Å². The van der Waals surface area contributed by atoms with Crippen LogP contribution in [0, 0.1) is 11.8 Å². The molecule has 0 bridgehead atoms. The van der Waals surface area contributed by atoms with E-state index < -0.39 is 24.3 Å². The zero-order valence-corrected chi connectivity index (χ0v) is 30.6. The Morgan fingerprint density at radius 1 is 0.692 bits per heavy atom. The summed E-state index contributed by atoms with van der Waals surface area (Å²) in [6.07, 6.45) is 5.59. The van der Waals surface area contributed by atoms with Crippen LogP contribution < -0.4 is 10.6 Å². The second kappa shape index (κ2) is 15.5. The number of aromatic nitrogens is 4. The third kappa shape index (κ3) is 7.46. The number of fused-ring (bicyclic) bond motifs is 1. The predicted octanol–water partition coefficient (Wildman–Crippen LogP) is 5.71. The van der Waals surface area contributed by atoms with Crippen molar-refractivity contribution >= 4 is 34.8 Å². The summed E-state index contributed by atoms with van der Waals surface area (Å²) < 4.78 is 9.51. The fourth-order valence-corrected chi connectivity index (χ4v) is 7.27. The molecule has 14 nitrogen and oxygen atoms in total. The van der Waals surface area contributed by atoms with Gasteiger partial charge < -0.3 is 39.9 Å². The van der Waals surface area contributed by atoms with Crippen LogP contribution in [-0.2, 0) is 19.1 Å². The number of hydrogen-bond donors (Lipinski definition) is 4. The third-order valence-corrected chi connectivity index (χ3v) is 10.1. The van der Waals surface area contributed by atoms with Crippen LogP contribution >= 0.6 is 0 Å². The molecule has 2 aromatic carbocycles.